The van der Waals surface area contributed by atoms with Crippen LogP contribution in [0.5, 0.6) is 0 Å². The highest BCUT2D eigenvalue weighted by Gasteiger charge is 2.53. The molecule has 3 aliphatic carbocycles. The van der Waals surface area contributed by atoms with Crippen LogP contribution in [-0.4, -0.2) is 0 Å². The topological polar surface area (TPSA) is 0 Å². The summed E-state index contributed by atoms with van der Waals surface area (Å²) < 4.78 is 0. The molecular formula is C27H48. The zero-order valence-corrected chi connectivity index (χ0v) is 19.8. The fourth-order valence-corrected chi connectivity index (χ4v) is 7.28. The lowest BCUT2D eigenvalue weighted by atomic mass is 9.46. The van der Waals surface area contributed by atoms with Crippen molar-refractivity contribution in [1.82, 2.24) is 0 Å². The number of hydrogen-bond donors (Lipinski definition) is 0. The summed E-state index contributed by atoms with van der Waals surface area (Å²) in [6.07, 6.45) is 14.4. The van der Waals surface area contributed by atoms with Gasteiger partial charge in [0.25, 0.3) is 0 Å². The summed E-state index contributed by atoms with van der Waals surface area (Å²) in [5.41, 5.74) is 2.87. The van der Waals surface area contributed by atoms with Crippen LogP contribution >= 0.6 is 0 Å². The second-order valence-corrected chi connectivity index (χ2v) is 12.4. The van der Waals surface area contributed by atoms with Crippen LogP contribution in [0.1, 0.15) is 107 Å². The molecular weight excluding hydrogens is 324 g/mol. The average molecular weight is 373 g/mol. The van der Waals surface area contributed by atoms with Gasteiger partial charge in [-0.05, 0) is 104 Å². The predicted molar refractivity (Wildman–Crippen MR) is 120 cm³/mol. The molecule has 0 heteroatoms. The molecule has 2 fully saturated rings. The van der Waals surface area contributed by atoms with Crippen LogP contribution in [-0.2, 0) is 0 Å². The standard InChI is InChI=1S/C27H48/c1-18(2)15-21-13-14-27(8)23(17-21)10-11-24-25(27)12-9-22(26(24,6)7)16-20(5)19(3)4/h11,18-23,25H,9-10,12-17H2,1-8H3. The molecule has 3 aliphatic rings. The number of hydrogen-bond acceptors (Lipinski definition) is 0. The largest absolute Gasteiger partial charge is 0.0842 e. The van der Waals surface area contributed by atoms with Gasteiger partial charge in [-0.2, -0.15) is 0 Å². The van der Waals surface area contributed by atoms with E-state index in [1.54, 1.807) is 0 Å². The Bertz CT molecular complexity index is 536. The van der Waals surface area contributed by atoms with Gasteiger partial charge < -0.3 is 0 Å². The van der Waals surface area contributed by atoms with Crippen LogP contribution in [0.25, 0.3) is 0 Å². The zero-order chi connectivity index (χ0) is 20.0. The molecule has 0 N–H and O–H groups in total. The van der Waals surface area contributed by atoms with Crippen LogP contribution in [0.15, 0.2) is 11.6 Å². The Morgan fingerprint density at radius 3 is 2.30 bits per heavy atom. The SMILES string of the molecule is CC(C)CC1CCC2(C)C(CC=C3C2CCC(CC(C)C(C)C)C3(C)C)C1. The van der Waals surface area contributed by atoms with Gasteiger partial charge in [0.05, 0.1) is 0 Å². The fraction of sp³-hybridized carbons (Fsp3) is 0.926. The van der Waals surface area contributed by atoms with E-state index in [0.717, 1.165) is 41.4 Å². The Labute approximate surface area is 171 Å². The lowest BCUT2D eigenvalue weighted by molar-refractivity contribution is -0.0176. The van der Waals surface area contributed by atoms with Gasteiger partial charge in [0.1, 0.15) is 0 Å². The number of rotatable bonds is 5. The van der Waals surface area contributed by atoms with E-state index in [1.165, 1.54) is 51.4 Å². The summed E-state index contributed by atoms with van der Waals surface area (Å²) in [6, 6.07) is 0. The Kier molecular flexibility index (Phi) is 6.25. The first kappa shape index (κ1) is 21.4. The first-order valence-electron chi connectivity index (χ1n) is 12.3. The molecule has 0 aliphatic heterocycles. The van der Waals surface area contributed by atoms with Gasteiger partial charge in [-0.1, -0.05) is 67.0 Å². The zero-order valence-electron chi connectivity index (χ0n) is 19.8. The van der Waals surface area contributed by atoms with E-state index in [-0.39, 0.29) is 0 Å². The summed E-state index contributed by atoms with van der Waals surface area (Å²) >= 11 is 0. The minimum absolute atomic E-state index is 0.412. The highest BCUT2D eigenvalue weighted by Crippen LogP contribution is 2.63. The molecule has 0 amide bonds. The van der Waals surface area contributed by atoms with Crippen LogP contribution in [0.2, 0.25) is 0 Å². The van der Waals surface area contributed by atoms with E-state index < -0.39 is 0 Å². The van der Waals surface area contributed by atoms with E-state index in [9.17, 15) is 0 Å². The molecule has 0 heterocycles. The van der Waals surface area contributed by atoms with Crippen LogP contribution < -0.4 is 0 Å². The molecule has 0 nitrogen and oxygen atoms in total. The summed E-state index contributed by atoms with van der Waals surface area (Å²) in [5.74, 6) is 6.24. The summed E-state index contributed by atoms with van der Waals surface area (Å²) in [7, 11) is 0. The van der Waals surface area contributed by atoms with Gasteiger partial charge in [-0.3, -0.25) is 0 Å². The summed E-state index contributed by atoms with van der Waals surface area (Å²) in [5, 5.41) is 0. The van der Waals surface area contributed by atoms with Crippen molar-refractivity contribution in [3.8, 4) is 0 Å². The van der Waals surface area contributed by atoms with E-state index in [4.69, 9.17) is 0 Å². The van der Waals surface area contributed by atoms with Gasteiger partial charge in [-0.25, -0.2) is 0 Å². The lowest BCUT2D eigenvalue weighted by Gasteiger charge is -2.59. The van der Waals surface area contributed by atoms with Gasteiger partial charge in [0.15, 0.2) is 0 Å². The summed E-state index contributed by atoms with van der Waals surface area (Å²) in [4.78, 5) is 0. The molecule has 0 radical (unpaired) electrons. The molecule has 27 heavy (non-hydrogen) atoms. The molecule has 0 bridgehead atoms. The highest BCUT2D eigenvalue weighted by atomic mass is 14.6. The Balaban J connectivity index is 1.78. The highest BCUT2D eigenvalue weighted by molar-refractivity contribution is 5.27. The smallest absolute Gasteiger partial charge is 0.0113 e. The Morgan fingerprint density at radius 2 is 1.67 bits per heavy atom. The Hall–Kier alpha value is -0.260. The van der Waals surface area contributed by atoms with Crippen LogP contribution in [0.4, 0.5) is 0 Å². The van der Waals surface area contributed by atoms with E-state index in [2.05, 4.69) is 61.5 Å². The number of fused-ring (bicyclic) bond motifs is 3. The first-order chi connectivity index (χ1) is 12.6. The second kappa shape index (κ2) is 7.87. The summed E-state index contributed by atoms with van der Waals surface area (Å²) in [6.45, 7) is 20.0. The quantitative estimate of drug-likeness (QED) is 0.424. The molecule has 6 atom stereocenters. The first-order valence-corrected chi connectivity index (χ1v) is 12.3. The molecule has 0 aromatic rings. The van der Waals surface area contributed by atoms with Crippen molar-refractivity contribution >= 4 is 0 Å². The van der Waals surface area contributed by atoms with Crippen molar-refractivity contribution in [2.45, 2.75) is 107 Å². The van der Waals surface area contributed by atoms with Crippen molar-refractivity contribution in [2.24, 2.45) is 52.3 Å². The third-order valence-electron chi connectivity index (χ3n) is 9.60. The molecule has 3 rings (SSSR count). The molecule has 2 saturated carbocycles. The van der Waals surface area contributed by atoms with Gasteiger partial charge in [0, 0.05) is 0 Å². The average Bonchev–Trinajstić information content (AvgIpc) is 2.57. The van der Waals surface area contributed by atoms with E-state index >= 15 is 0 Å². The van der Waals surface area contributed by atoms with Crippen LogP contribution in [0.3, 0.4) is 0 Å². The van der Waals surface area contributed by atoms with Crippen molar-refractivity contribution in [3.05, 3.63) is 11.6 Å². The predicted octanol–water partition coefficient (Wildman–Crippen LogP) is 8.52. The minimum Gasteiger partial charge on any atom is -0.0842 e. The number of allylic oxidation sites excluding steroid dienone is 2. The Morgan fingerprint density at radius 1 is 0.963 bits per heavy atom. The van der Waals surface area contributed by atoms with Crippen molar-refractivity contribution in [1.29, 1.82) is 0 Å². The van der Waals surface area contributed by atoms with Crippen molar-refractivity contribution in [2.75, 3.05) is 0 Å². The maximum atomic E-state index is 2.75. The van der Waals surface area contributed by atoms with E-state index in [0.29, 0.717) is 10.8 Å². The van der Waals surface area contributed by atoms with Crippen molar-refractivity contribution < 1.29 is 0 Å². The fourth-order valence-electron chi connectivity index (χ4n) is 7.28. The lowest BCUT2D eigenvalue weighted by Crippen LogP contribution is -2.49. The molecule has 156 valence electrons. The normalized spacial score (nSPS) is 39.7. The van der Waals surface area contributed by atoms with Crippen molar-refractivity contribution in [3.63, 3.8) is 0 Å². The minimum atomic E-state index is 0.412. The molecule has 6 unspecified atom stereocenters. The van der Waals surface area contributed by atoms with Gasteiger partial charge in [-0.15, -0.1) is 0 Å². The molecule has 0 spiro atoms. The second-order valence-electron chi connectivity index (χ2n) is 12.4. The third-order valence-corrected chi connectivity index (χ3v) is 9.60. The van der Waals surface area contributed by atoms with Crippen LogP contribution in [0, 0.1) is 52.3 Å². The monoisotopic (exact) mass is 372 g/mol. The third kappa shape index (κ3) is 4.06. The van der Waals surface area contributed by atoms with Gasteiger partial charge in [0.2, 0.25) is 0 Å². The maximum Gasteiger partial charge on any atom is -0.0113 e. The molecule has 0 aromatic carbocycles. The molecule has 0 saturated heterocycles. The van der Waals surface area contributed by atoms with Gasteiger partial charge >= 0.3 is 0 Å². The maximum absolute atomic E-state index is 2.75. The molecule has 0 aromatic heterocycles. The van der Waals surface area contributed by atoms with E-state index in [1.807, 2.05) is 5.57 Å².